The lowest BCUT2D eigenvalue weighted by Gasteiger charge is -2.18. The van der Waals surface area contributed by atoms with Crippen LogP contribution < -0.4 is 16.0 Å². The third-order valence-corrected chi connectivity index (χ3v) is 5.31. The second-order valence-corrected chi connectivity index (χ2v) is 7.94. The number of carbonyl (C=O) groups excluding carboxylic acids is 3. The quantitative estimate of drug-likeness (QED) is 0.211. The number of allylic oxidation sites excluding steroid dienone is 1. The van der Waals surface area contributed by atoms with Crippen molar-refractivity contribution in [2.45, 2.75) is 20.4 Å². The summed E-state index contributed by atoms with van der Waals surface area (Å²) >= 11 is 2.13. The number of carbonyl (C=O) groups is 3. The van der Waals surface area contributed by atoms with Gasteiger partial charge in [0.2, 0.25) is 0 Å². The Labute approximate surface area is 187 Å². The molecule has 0 spiro atoms. The van der Waals surface area contributed by atoms with Gasteiger partial charge in [-0.1, -0.05) is 12.1 Å². The molecule has 1 aliphatic heterocycles. The molecule has 2 aromatic rings. The van der Waals surface area contributed by atoms with E-state index in [9.17, 15) is 19.5 Å². The van der Waals surface area contributed by atoms with E-state index in [4.69, 9.17) is 0 Å². The Hall–Kier alpha value is -3.14. The maximum Gasteiger partial charge on any atom is 0.260 e. The highest BCUT2D eigenvalue weighted by Crippen LogP contribution is 2.27. The van der Waals surface area contributed by atoms with Crippen LogP contribution in [0, 0.1) is 3.57 Å². The summed E-state index contributed by atoms with van der Waals surface area (Å²) in [6.07, 6.45) is 3.24. The zero-order chi connectivity index (χ0) is 21.8. The van der Waals surface area contributed by atoms with E-state index in [1.54, 1.807) is 56.5 Å². The van der Waals surface area contributed by atoms with Gasteiger partial charge in [-0.25, -0.2) is 0 Å². The molecule has 0 saturated carbocycles. The first-order valence-electron chi connectivity index (χ1n) is 9.15. The molecule has 4 N–H and O–H groups in total. The van der Waals surface area contributed by atoms with Crippen molar-refractivity contribution in [3.05, 3.63) is 74.5 Å². The Balaban J connectivity index is 1.74. The lowest BCUT2D eigenvalue weighted by molar-refractivity contribution is -0.115. The summed E-state index contributed by atoms with van der Waals surface area (Å²) in [5.74, 6) is -1.23. The maximum absolute atomic E-state index is 12.3. The second kappa shape index (κ2) is 9.12. The first kappa shape index (κ1) is 21.6. The van der Waals surface area contributed by atoms with Crippen molar-refractivity contribution in [1.29, 1.82) is 0 Å². The van der Waals surface area contributed by atoms with Gasteiger partial charge in [-0.05, 0) is 72.3 Å². The molecule has 8 heteroatoms. The van der Waals surface area contributed by atoms with Crippen LogP contribution in [0.3, 0.4) is 0 Å². The fourth-order valence-electron chi connectivity index (χ4n) is 2.86. The normalized spacial score (nSPS) is 14.9. The van der Waals surface area contributed by atoms with Gasteiger partial charge >= 0.3 is 0 Å². The highest BCUT2D eigenvalue weighted by Gasteiger charge is 2.27. The van der Waals surface area contributed by atoms with Crippen LogP contribution in [0.1, 0.15) is 35.3 Å². The Morgan fingerprint density at radius 3 is 2.60 bits per heavy atom. The SMILES string of the molecule is C/C=C(\C)C(=O)Nc1ccc(CN/C=C2\C(=O)NC(=O)c3ccc(I)cc32)cc1O. The monoisotopic (exact) mass is 517 g/mol. The standard InChI is InChI=1S/C22H20IN3O4/c1-3-12(2)20(28)25-18-7-4-13(8-19(18)27)10-24-11-17-16-9-14(23)5-6-15(16)21(29)26-22(17)30/h3-9,11,24,27H,10H2,1-2H3,(H,25,28)(H,26,29,30)/b12-3+,17-11-. The highest BCUT2D eigenvalue weighted by atomic mass is 127. The van der Waals surface area contributed by atoms with Gasteiger partial charge in [0.1, 0.15) is 5.75 Å². The van der Waals surface area contributed by atoms with Gasteiger partial charge in [0.15, 0.2) is 0 Å². The van der Waals surface area contributed by atoms with Crippen LogP contribution in [0.2, 0.25) is 0 Å². The number of hydrogen-bond donors (Lipinski definition) is 4. The molecule has 0 aromatic heterocycles. The molecule has 1 aliphatic rings. The predicted molar refractivity (Wildman–Crippen MR) is 123 cm³/mol. The average Bonchev–Trinajstić information content (AvgIpc) is 2.71. The van der Waals surface area contributed by atoms with Crippen LogP contribution in [-0.4, -0.2) is 22.8 Å². The number of phenols is 1. The van der Waals surface area contributed by atoms with E-state index in [2.05, 4.69) is 38.5 Å². The Bertz CT molecular complexity index is 1110. The third kappa shape index (κ3) is 4.70. The smallest absolute Gasteiger partial charge is 0.260 e. The fourth-order valence-corrected chi connectivity index (χ4v) is 3.35. The van der Waals surface area contributed by atoms with Crippen LogP contribution in [0.15, 0.2) is 54.2 Å². The van der Waals surface area contributed by atoms with Gasteiger partial charge in [0, 0.05) is 33.0 Å². The van der Waals surface area contributed by atoms with Crippen molar-refractivity contribution in [3.8, 4) is 5.75 Å². The van der Waals surface area contributed by atoms with E-state index in [0.29, 0.717) is 34.5 Å². The van der Waals surface area contributed by atoms with Gasteiger partial charge in [0.05, 0.1) is 11.3 Å². The topological polar surface area (TPSA) is 108 Å². The lowest BCUT2D eigenvalue weighted by Crippen LogP contribution is -2.37. The number of benzene rings is 2. The molecular weight excluding hydrogens is 497 g/mol. The molecule has 0 fully saturated rings. The van der Waals surface area contributed by atoms with Crippen molar-refractivity contribution < 1.29 is 19.5 Å². The average molecular weight is 517 g/mol. The molecule has 0 saturated heterocycles. The molecule has 30 heavy (non-hydrogen) atoms. The van der Waals surface area contributed by atoms with E-state index >= 15 is 0 Å². The summed E-state index contributed by atoms with van der Waals surface area (Å²) in [4.78, 5) is 36.2. The van der Waals surface area contributed by atoms with Crippen LogP contribution in [0.5, 0.6) is 5.75 Å². The van der Waals surface area contributed by atoms with Crippen molar-refractivity contribution in [2.75, 3.05) is 5.32 Å². The summed E-state index contributed by atoms with van der Waals surface area (Å²) in [6, 6.07) is 10.2. The molecule has 0 atom stereocenters. The number of hydrogen-bond acceptors (Lipinski definition) is 5. The summed E-state index contributed by atoms with van der Waals surface area (Å²) in [7, 11) is 0. The summed E-state index contributed by atoms with van der Waals surface area (Å²) in [5.41, 5.74) is 2.99. The minimum Gasteiger partial charge on any atom is -0.506 e. The number of phenolic OH excluding ortho intramolecular Hbond substituents is 1. The number of rotatable bonds is 5. The molecule has 154 valence electrons. The van der Waals surface area contributed by atoms with E-state index < -0.39 is 11.8 Å². The zero-order valence-electron chi connectivity index (χ0n) is 16.4. The van der Waals surface area contributed by atoms with Gasteiger partial charge in [-0.15, -0.1) is 0 Å². The number of fused-ring (bicyclic) bond motifs is 1. The first-order valence-corrected chi connectivity index (χ1v) is 10.2. The van der Waals surface area contributed by atoms with Crippen molar-refractivity contribution in [1.82, 2.24) is 10.6 Å². The van der Waals surface area contributed by atoms with E-state index in [0.717, 1.165) is 9.13 Å². The number of aromatic hydroxyl groups is 1. The zero-order valence-corrected chi connectivity index (χ0v) is 18.5. The number of amides is 3. The van der Waals surface area contributed by atoms with Gasteiger partial charge in [0.25, 0.3) is 17.7 Å². The predicted octanol–water partition coefficient (Wildman–Crippen LogP) is 3.30. The van der Waals surface area contributed by atoms with Crippen LogP contribution in [-0.2, 0) is 16.1 Å². The molecular formula is C22H20IN3O4. The summed E-state index contributed by atoms with van der Waals surface area (Å²) < 4.78 is 0.912. The Kier molecular flexibility index (Phi) is 6.56. The Morgan fingerprint density at radius 1 is 1.13 bits per heavy atom. The molecule has 3 amide bonds. The molecule has 3 rings (SSSR count). The number of halogens is 1. The maximum atomic E-state index is 12.3. The van der Waals surface area contributed by atoms with Gasteiger partial charge < -0.3 is 15.7 Å². The number of nitrogens with one attached hydrogen (secondary N) is 3. The second-order valence-electron chi connectivity index (χ2n) is 6.69. The van der Waals surface area contributed by atoms with Crippen LogP contribution >= 0.6 is 22.6 Å². The largest absolute Gasteiger partial charge is 0.506 e. The molecule has 7 nitrogen and oxygen atoms in total. The molecule has 1 heterocycles. The van der Waals surface area contributed by atoms with Crippen molar-refractivity contribution in [2.24, 2.45) is 0 Å². The van der Waals surface area contributed by atoms with Gasteiger partial charge in [-0.2, -0.15) is 0 Å². The summed E-state index contributed by atoms with van der Waals surface area (Å²) in [5, 5.41) is 18.2. The summed E-state index contributed by atoms with van der Waals surface area (Å²) in [6.45, 7) is 3.78. The highest BCUT2D eigenvalue weighted by molar-refractivity contribution is 14.1. The minimum atomic E-state index is -0.470. The van der Waals surface area contributed by atoms with E-state index in [1.165, 1.54) is 6.07 Å². The molecule has 2 aromatic carbocycles. The van der Waals surface area contributed by atoms with Crippen LogP contribution in [0.25, 0.3) is 5.57 Å². The molecule has 0 radical (unpaired) electrons. The first-order chi connectivity index (χ1) is 14.3. The molecule has 0 unspecified atom stereocenters. The van der Waals surface area contributed by atoms with Gasteiger partial charge in [-0.3, -0.25) is 19.7 Å². The van der Waals surface area contributed by atoms with Crippen molar-refractivity contribution >= 4 is 51.6 Å². The van der Waals surface area contributed by atoms with E-state index in [-0.39, 0.29) is 11.7 Å². The van der Waals surface area contributed by atoms with E-state index in [1.807, 2.05) is 0 Å². The third-order valence-electron chi connectivity index (χ3n) is 4.64. The lowest BCUT2D eigenvalue weighted by atomic mass is 9.95. The van der Waals surface area contributed by atoms with Crippen molar-refractivity contribution in [3.63, 3.8) is 0 Å². The molecule has 0 aliphatic carbocycles. The number of anilines is 1. The number of imide groups is 1. The minimum absolute atomic E-state index is 0.0555. The molecule has 0 bridgehead atoms. The Morgan fingerprint density at radius 2 is 1.90 bits per heavy atom. The van der Waals surface area contributed by atoms with Crippen LogP contribution in [0.4, 0.5) is 5.69 Å². The fraction of sp³-hybridized carbons (Fsp3) is 0.136.